The van der Waals surface area contributed by atoms with Gasteiger partial charge in [-0.15, -0.1) is 0 Å². The Morgan fingerprint density at radius 3 is 2.55 bits per heavy atom. The lowest BCUT2D eigenvalue weighted by atomic mass is 10.1. The Bertz CT molecular complexity index is 752. The van der Waals surface area contributed by atoms with E-state index in [-0.39, 0.29) is 5.82 Å². The van der Waals surface area contributed by atoms with E-state index in [0.29, 0.717) is 10.2 Å². The maximum Gasteiger partial charge on any atom is 0.189 e. The minimum absolute atomic E-state index is 0.162. The van der Waals surface area contributed by atoms with Crippen LogP contribution >= 0.6 is 15.9 Å². The molecule has 0 aliphatic rings. The smallest absolute Gasteiger partial charge is 0.189 e. The Balaban J connectivity index is 1.99. The molecule has 3 aromatic rings. The highest BCUT2D eigenvalue weighted by atomic mass is 79.9. The van der Waals surface area contributed by atoms with Crippen molar-refractivity contribution in [1.82, 2.24) is 14.8 Å². The topological polar surface area (TPSA) is 56.7 Å². The first-order valence-corrected chi connectivity index (χ1v) is 6.65. The van der Waals surface area contributed by atoms with Crippen molar-refractivity contribution < 1.29 is 4.39 Å². The molecule has 100 valence electrons. The minimum Gasteiger partial charge on any atom is -0.399 e. The highest BCUT2D eigenvalue weighted by Gasteiger charge is 2.09. The van der Waals surface area contributed by atoms with E-state index in [0.717, 1.165) is 11.1 Å². The van der Waals surface area contributed by atoms with E-state index in [2.05, 4.69) is 26.0 Å². The van der Waals surface area contributed by atoms with Gasteiger partial charge in [-0.3, -0.25) is 0 Å². The maximum atomic E-state index is 13.8. The third-order valence-electron chi connectivity index (χ3n) is 2.83. The molecule has 2 N–H and O–H groups in total. The van der Waals surface area contributed by atoms with Gasteiger partial charge in [-0.2, -0.15) is 5.10 Å². The van der Waals surface area contributed by atoms with Gasteiger partial charge in [0.1, 0.15) is 0 Å². The van der Waals surface area contributed by atoms with Crippen LogP contribution in [0, 0.1) is 5.82 Å². The van der Waals surface area contributed by atoms with Crippen molar-refractivity contribution in [2.24, 2.45) is 0 Å². The fourth-order valence-electron chi connectivity index (χ4n) is 1.84. The number of hydrogen-bond donors (Lipinski definition) is 1. The number of nitrogen functional groups attached to an aromatic ring is 1. The molecule has 0 fully saturated rings. The van der Waals surface area contributed by atoms with Gasteiger partial charge in [0, 0.05) is 28.1 Å². The Morgan fingerprint density at radius 2 is 1.85 bits per heavy atom. The molecule has 2 heterocycles. The predicted octanol–water partition coefficient (Wildman–Crippen LogP) is 3.42. The number of anilines is 1. The monoisotopic (exact) mass is 332 g/mol. The van der Waals surface area contributed by atoms with Crippen LogP contribution in [-0.2, 0) is 0 Å². The SMILES string of the molecule is Nc1ccc(-c2cnn(-c3ncc(Br)cc3F)c2)cc1. The van der Waals surface area contributed by atoms with Crippen molar-refractivity contribution in [1.29, 1.82) is 0 Å². The Hall–Kier alpha value is -2.21. The summed E-state index contributed by atoms with van der Waals surface area (Å²) in [6.07, 6.45) is 4.92. The lowest BCUT2D eigenvalue weighted by molar-refractivity contribution is 0.599. The van der Waals surface area contributed by atoms with E-state index in [4.69, 9.17) is 5.73 Å². The first-order chi connectivity index (χ1) is 9.63. The first kappa shape index (κ1) is 12.8. The van der Waals surface area contributed by atoms with Crippen molar-refractivity contribution in [2.75, 3.05) is 5.73 Å². The molecule has 0 atom stereocenters. The van der Waals surface area contributed by atoms with E-state index >= 15 is 0 Å². The lowest BCUT2D eigenvalue weighted by Crippen LogP contribution is -2.01. The zero-order chi connectivity index (χ0) is 14.1. The summed E-state index contributed by atoms with van der Waals surface area (Å²) in [5.41, 5.74) is 8.18. The fourth-order valence-corrected chi connectivity index (χ4v) is 2.14. The highest BCUT2D eigenvalue weighted by molar-refractivity contribution is 9.10. The quantitative estimate of drug-likeness (QED) is 0.731. The molecule has 20 heavy (non-hydrogen) atoms. The van der Waals surface area contributed by atoms with E-state index in [1.807, 2.05) is 24.3 Å². The summed E-state index contributed by atoms with van der Waals surface area (Å²) in [4.78, 5) is 4.03. The number of pyridine rings is 1. The van der Waals surface area contributed by atoms with Gasteiger partial charge < -0.3 is 5.73 Å². The lowest BCUT2D eigenvalue weighted by Gasteiger charge is -2.02. The molecule has 0 amide bonds. The normalized spacial score (nSPS) is 10.7. The number of hydrogen-bond acceptors (Lipinski definition) is 3. The van der Waals surface area contributed by atoms with Gasteiger partial charge in [0.05, 0.1) is 6.20 Å². The summed E-state index contributed by atoms with van der Waals surface area (Å²) in [6, 6.07) is 8.76. The minimum atomic E-state index is -0.439. The summed E-state index contributed by atoms with van der Waals surface area (Å²) in [6.45, 7) is 0. The third kappa shape index (κ3) is 2.42. The third-order valence-corrected chi connectivity index (χ3v) is 3.27. The average Bonchev–Trinajstić information content (AvgIpc) is 2.89. The second-order valence-corrected chi connectivity index (χ2v) is 5.17. The fraction of sp³-hybridized carbons (Fsp3) is 0. The van der Waals surface area contributed by atoms with Crippen molar-refractivity contribution in [3.63, 3.8) is 0 Å². The van der Waals surface area contributed by atoms with E-state index in [1.54, 1.807) is 12.4 Å². The first-order valence-electron chi connectivity index (χ1n) is 5.85. The molecule has 0 aliphatic carbocycles. The number of benzene rings is 1. The van der Waals surface area contributed by atoms with Crippen molar-refractivity contribution in [2.45, 2.75) is 0 Å². The van der Waals surface area contributed by atoms with Crippen LogP contribution in [0.3, 0.4) is 0 Å². The number of nitrogens with zero attached hydrogens (tertiary/aromatic N) is 3. The number of rotatable bonds is 2. The summed E-state index contributed by atoms with van der Waals surface area (Å²) in [7, 11) is 0. The van der Waals surface area contributed by atoms with E-state index in [1.165, 1.54) is 16.9 Å². The molecular weight excluding hydrogens is 323 g/mol. The van der Waals surface area contributed by atoms with Gasteiger partial charge in [0.25, 0.3) is 0 Å². The van der Waals surface area contributed by atoms with Gasteiger partial charge in [-0.05, 0) is 39.7 Å². The second-order valence-electron chi connectivity index (χ2n) is 4.25. The number of halogens is 2. The van der Waals surface area contributed by atoms with Gasteiger partial charge in [0.2, 0.25) is 0 Å². The highest BCUT2D eigenvalue weighted by Crippen LogP contribution is 2.22. The molecule has 0 saturated heterocycles. The largest absolute Gasteiger partial charge is 0.399 e. The summed E-state index contributed by atoms with van der Waals surface area (Å²) in [5.74, 6) is -0.277. The molecule has 0 bridgehead atoms. The molecular formula is C14H10BrFN4. The van der Waals surface area contributed by atoms with Crippen molar-refractivity contribution in [3.05, 3.63) is 59.2 Å². The molecule has 0 spiro atoms. The maximum absolute atomic E-state index is 13.8. The average molecular weight is 333 g/mol. The molecule has 0 radical (unpaired) electrons. The molecule has 0 saturated carbocycles. The molecule has 4 nitrogen and oxygen atoms in total. The molecule has 6 heteroatoms. The van der Waals surface area contributed by atoms with Crippen LogP contribution in [-0.4, -0.2) is 14.8 Å². The Kier molecular flexibility index (Phi) is 3.23. The zero-order valence-electron chi connectivity index (χ0n) is 10.3. The number of nitrogens with two attached hydrogens (primary N) is 1. The summed E-state index contributed by atoms with van der Waals surface area (Å²) < 4.78 is 15.8. The molecule has 3 rings (SSSR count). The standard InChI is InChI=1S/C14H10BrFN4/c15-11-5-13(16)14(18-7-11)20-8-10(6-19-20)9-1-3-12(17)4-2-9/h1-8H,17H2. The van der Waals surface area contributed by atoms with Crippen LogP contribution in [0.5, 0.6) is 0 Å². The predicted molar refractivity (Wildman–Crippen MR) is 78.9 cm³/mol. The van der Waals surface area contributed by atoms with Gasteiger partial charge in [-0.25, -0.2) is 14.1 Å². The van der Waals surface area contributed by atoms with Gasteiger partial charge >= 0.3 is 0 Å². The van der Waals surface area contributed by atoms with Crippen LogP contribution in [0.4, 0.5) is 10.1 Å². The zero-order valence-corrected chi connectivity index (χ0v) is 11.9. The van der Waals surface area contributed by atoms with Crippen molar-refractivity contribution >= 4 is 21.6 Å². The van der Waals surface area contributed by atoms with Crippen LogP contribution < -0.4 is 5.73 Å². The molecule has 2 aromatic heterocycles. The van der Waals surface area contributed by atoms with Crippen LogP contribution in [0.2, 0.25) is 0 Å². The molecule has 1 aromatic carbocycles. The van der Waals surface area contributed by atoms with Crippen molar-refractivity contribution in [3.8, 4) is 16.9 Å². The summed E-state index contributed by atoms with van der Waals surface area (Å²) in [5, 5.41) is 4.14. The van der Waals surface area contributed by atoms with E-state index < -0.39 is 5.82 Å². The van der Waals surface area contributed by atoms with Crippen LogP contribution in [0.15, 0.2) is 53.4 Å². The van der Waals surface area contributed by atoms with Crippen LogP contribution in [0.25, 0.3) is 16.9 Å². The van der Waals surface area contributed by atoms with Crippen LogP contribution in [0.1, 0.15) is 0 Å². The Labute approximate surface area is 123 Å². The van der Waals surface area contributed by atoms with E-state index in [9.17, 15) is 4.39 Å². The Morgan fingerprint density at radius 1 is 1.10 bits per heavy atom. The second kappa shape index (κ2) is 5.05. The van der Waals surface area contributed by atoms with Gasteiger partial charge in [-0.1, -0.05) is 12.1 Å². The van der Waals surface area contributed by atoms with Gasteiger partial charge in [0.15, 0.2) is 11.6 Å². The molecule has 0 unspecified atom stereocenters. The summed E-state index contributed by atoms with van der Waals surface area (Å²) >= 11 is 3.17. The number of aromatic nitrogens is 3. The molecule has 0 aliphatic heterocycles.